The molecule has 0 atom stereocenters. The fourth-order valence-electron chi connectivity index (χ4n) is 1.69. The predicted molar refractivity (Wildman–Crippen MR) is 63.4 cm³/mol. The number of methoxy groups -OCH3 is 1. The maximum absolute atomic E-state index is 12.8. The summed E-state index contributed by atoms with van der Waals surface area (Å²) in [5.74, 6) is -0.336. The molecule has 0 amide bonds. The molecule has 0 aliphatic carbocycles. The molecule has 19 heavy (non-hydrogen) atoms. The molecule has 0 N–H and O–H groups in total. The number of benzene rings is 2. The first-order chi connectivity index (χ1) is 8.90. The Bertz CT molecular complexity index is 573. The van der Waals surface area contributed by atoms with Crippen LogP contribution in [0.1, 0.15) is 5.56 Å². The van der Waals surface area contributed by atoms with Crippen LogP contribution in [-0.4, -0.2) is 7.11 Å². The Hall–Kier alpha value is -2.04. The van der Waals surface area contributed by atoms with Gasteiger partial charge in [0, 0.05) is 0 Å². The average Bonchev–Trinajstić information content (AvgIpc) is 2.38. The van der Waals surface area contributed by atoms with Crippen LogP contribution in [0.3, 0.4) is 0 Å². The minimum absolute atomic E-state index is 0.106. The van der Waals surface area contributed by atoms with Crippen molar-refractivity contribution in [1.82, 2.24) is 0 Å². The minimum Gasteiger partial charge on any atom is -0.497 e. The lowest BCUT2D eigenvalue weighted by Crippen LogP contribution is -2.05. The van der Waals surface area contributed by atoms with Crippen LogP contribution in [0.25, 0.3) is 11.1 Å². The molecule has 2 rings (SSSR count). The van der Waals surface area contributed by atoms with Crippen LogP contribution in [0.2, 0.25) is 0 Å². The second kappa shape index (κ2) is 4.91. The van der Waals surface area contributed by atoms with Crippen molar-refractivity contribution in [3.05, 3.63) is 53.8 Å². The highest BCUT2D eigenvalue weighted by Gasteiger charge is 2.31. The van der Waals surface area contributed by atoms with Gasteiger partial charge in [0.15, 0.2) is 0 Å². The molecule has 2 aromatic rings. The van der Waals surface area contributed by atoms with Gasteiger partial charge in [0.25, 0.3) is 0 Å². The highest BCUT2D eigenvalue weighted by atomic mass is 19.4. The zero-order valence-electron chi connectivity index (χ0n) is 9.96. The van der Waals surface area contributed by atoms with Crippen LogP contribution in [-0.2, 0) is 6.18 Å². The molecule has 2 aromatic carbocycles. The molecule has 0 saturated heterocycles. The first-order valence-corrected chi connectivity index (χ1v) is 5.42. The van der Waals surface area contributed by atoms with Crippen molar-refractivity contribution < 1.29 is 22.3 Å². The first kappa shape index (κ1) is 13.4. The van der Waals surface area contributed by atoms with Crippen molar-refractivity contribution in [2.24, 2.45) is 0 Å². The molecule has 0 heterocycles. The summed E-state index contributed by atoms with van der Waals surface area (Å²) in [6.07, 6.45) is -4.46. The van der Waals surface area contributed by atoms with E-state index in [9.17, 15) is 17.6 Å². The fraction of sp³-hybridized carbons (Fsp3) is 0.143. The molecular weight excluding hydrogens is 260 g/mol. The van der Waals surface area contributed by atoms with E-state index in [4.69, 9.17) is 4.74 Å². The normalized spacial score (nSPS) is 11.4. The zero-order valence-corrected chi connectivity index (χ0v) is 9.96. The van der Waals surface area contributed by atoms with Crippen molar-refractivity contribution in [3.63, 3.8) is 0 Å². The second-order valence-corrected chi connectivity index (χ2v) is 3.95. The summed E-state index contributed by atoms with van der Waals surface area (Å²) in [4.78, 5) is 0. The van der Waals surface area contributed by atoms with Gasteiger partial charge in [-0.2, -0.15) is 13.2 Å². The van der Waals surface area contributed by atoms with Gasteiger partial charge in [-0.3, -0.25) is 0 Å². The molecule has 100 valence electrons. The smallest absolute Gasteiger partial charge is 0.416 e. The summed E-state index contributed by atoms with van der Waals surface area (Å²) in [6, 6.07) is 8.64. The summed E-state index contributed by atoms with van der Waals surface area (Å²) in [5.41, 5.74) is 0.0173. The number of halogens is 4. The van der Waals surface area contributed by atoms with Gasteiger partial charge in [-0.15, -0.1) is 0 Å². The Balaban J connectivity index is 2.54. The number of ether oxygens (including phenoxy) is 1. The molecule has 5 heteroatoms. The van der Waals surface area contributed by atoms with Crippen LogP contribution in [0.4, 0.5) is 17.6 Å². The summed E-state index contributed by atoms with van der Waals surface area (Å²) in [7, 11) is 1.30. The van der Waals surface area contributed by atoms with Crippen LogP contribution in [0.15, 0.2) is 42.5 Å². The van der Waals surface area contributed by atoms with Crippen LogP contribution in [0.5, 0.6) is 5.75 Å². The number of rotatable bonds is 2. The lowest BCUT2D eigenvalue weighted by molar-refractivity contribution is -0.137. The molecule has 1 nitrogen and oxygen atoms in total. The molecule has 0 saturated carbocycles. The highest BCUT2D eigenvalue weighted by molar-refractivity contribution is 5.66. The largest absolute Gasteiger partial charge is 0.497 e. The van der Waals surface area contributed by atoms with Crippen LogP contribution < -0.4 is 4.74 Å². The highest BCUT2D eigenvalue weighted by Crippen LogP contribution is 2.35. The van der Waals surface area contributed by atoms with Gasteiger partial charge in [-0.25, -0.2) is 4.39 Å². The van der Waals surface area contributed by atoms with E-state index in [0.717, 1.165) is 12.1 Å². The zero-order chi connectivity index (χ0) is 14.0. The number of hydrogen-bond donors (Lipinski definition) is 0. The summed E-state index contributed by atoms with van der Waals surface area (Å²) in [5, 5.41) is 0. The maximum atomic E-state index is 12.8. The molecule has 0 aliphatic rings. The van der Waals surface area contributed by atoms with Crippen molar-refractivity contribution in [2.75, 3.05) is 7.11 Å². The second-order valence-electron chi connectivity index (χ2n) is 3.95. The van der Waals surface area contributed by atoms with Crippen LogP contribution in [0, 0.1) is 5.82 Å². The van der Waals surface area contributed by atoms with E-state index in [1.54, 1.807) is 0 Å². The van der Waals surface area contributed by atoms with Crippen LogP contribution >= 0.6 is 0 Å². The average molecular weight is 270 g/mol. The van der Waals surface area contributed by atoms with E-state index < -0.39 is 17.6 Å². The maximum Gasteiger partial charge on any atom is 0.416 e. The topological polar surface area (TPSA) is 9.23 Å². The van der Waals surface area contributed by atoms with Gasteiger partial charge in [-0.05, 0) is 41.5 Å². The Kier molecular flexibility index (Phi) is 3.46. The van der Waals surface area contributed by atoms with Gasteiger partial charge >= 0.3 is 6.18 Å². The molecule has 0 bridgehead atoms. The lowest BCUT2D eigenvalue weighted by Gasteiger charge is -2.11. The predicted octanol–water partition coefficient (Wildman–Crippen LogP) is 4.52. The lowest BCUT2D eigenvalue weighted by atomic mass is 10.0. The minimum atomic E-state index is -4.46. The van der Waals surface area contributed by atoms with E-state index in [0.29, 0.717) is 11.1 Å². The summed E-state index contributed by atoms with van der Waals surface area (Å²) < 4.78 is 55.9. The first-order valence-electron chi connectivity index (χ1n) is 5.42. The molecule has 0 radical (unpaired) electrons. The Labute approximate surface area is 107 Å². The SMILES string of the molecule is COc1cc(-c2ccc(F)cc2)cc(C(F)(F)F)c1. The van der Waals surface area contributed by atoms with E-state index in [2.05, 4.69) is 0 Å². The van der Waals surface area contributed by atoms with Gasteiger partial charge in [0.2, 0.25) is 0 Å². The van der Waals surface area contributed by atoms with E-state index in [-0.39, 0.29) is 5.75 Å². The van der Waals surface area contributed by atoms with Gasteiger partial charge < -0.3 is 4.74 Å². The standard InChI is InChI=1S/C14H10F4O/c1-19-13-7-10(6-11(8-13)14(16,17)18)9-2-4-12(15)5-3-9/h2-8H,1H3. The van der Waals surface area contributed by atoms with Gasteiger partial charge in [0.05, 0.1) is 12.7 Å². The van der Waals surface area contributed by atoms with Crippen molar-refractivity contribution >= 4 is 0 Å². The van der Waals surface area contributed by atoms with Crippen molar-refractivity contribution in [1.29, 1.82) is 0 Å². The number of alkyl halides is 3. The van der Waals surface area contributed by atoms with Crippen molar-refractivity contribution in [2.45, 2.75) is 6.18 Å². The summed E-state index contributed by atoms with van der Waals surface area (Å²) in [6.45, 7) is 0. The third kappa shape index (κ3) is 3.05. The van der Waals surface area contributed by atoms with Gasteiger partial charge in [-0.1, -0.05) is 12.1 Å². The van der Waals surface area contributed by atoms with Gasteiger partial charge in [0.1, 0.15) is 11.6 Å². The van der Waals surface area contributed by atoms with E-state index in [1.165, 1.54) is 37.4 Å². The Morgan fingerprint density at radius 3 is 2.05 bits per heavy atom. The molecule has 0 fully saturated rings. The Morgan fingerprint density at radius 1 is 0.895 bits per heavy atom. The molecule has 0 unspecified atom stereocenters. The molecular formula is C14H10F4O. The third-order valence-corrected chi connectivity index (χ3v) is 2.65. The Morgan fingerprint density at radius 2 is 1.53 bits per heavy atom. The number of hydrogen-bond acceptors (Lipinski definition) is 1. The monoisotopic (exact) mass is 270 g/mol. The quantitative estimate of drug-likeness (QED) is 0.729. The molecule has 0 aliphatic heterocycles. The van der Waals surface area contributed by atoms with Crippen molar-refractivity contribution in [3.8, 4) is 16.9 Å². The third-order valence-electron chi connectivity index (χ3n) is 2.65. The fourth-order valence-corrected chi connectivity index (χ4v) is 1.69. The molecule has 0 spiro atoms. The van der Waals surface area contributed by atoms with E-state index in [1.807, 2.05) is 0 Å². The van der Waals surface area contributed by atoms with E-state index >= 15 is 0 Å². The summed E-state index contributed by atoms with van der Waals surface area (Å²) >= 11 is 0. The molecule has 0 aromatic heterocycles.